The van der Waals surface area contributed by atoms with Crippen LogP contribution in [0.2, 0.25) is 0 Å². The molecule has 0 radical (unpaired) electrons. The molecule has 0 atom stereocenters. The van der Waals surface area contributed by atoms with Gasteiger partial charge in [0, 0.05) is 43.9 Å². The predicted octanol–water partition coefficient (Wildman–Crippen LogP) is 2.23. The van der Waals surface area contributed by atoms with Crippen LogP contribution < -0.4 is 10.6 Å². The Bertz CT molecular complexity index is 593. The van der Waals surface area contributed by atoms with Gasteiger partial charge in [0.15, 0.2) is 5.96 Å². The van der Waals surface area contributed by atoms with Crippen LogP contribution in [0.4, 0.5) is 0 Å². The molecule has 2 N–H and O–H groups in total. The third-order valence-electron chi connectivity index (χ3n) is 3.38. The van der Waals surface area contributed by atoms with E-state index in [4.69, 9.17) is 0 Å². The number of nitrogens with zero attached hydrogens (tertiary/aromatic N) is 2. The first kappa shape index (κ1) is 24.5. The number of nitrogens with one attached hydrogen (secondary N) is 2. The molecular weight excluding hydrogens is 471 g/mol. The van der Waals surface area contributed by atoms with Gasteiger partial charge in [0.25, 0.3) is 0 Å². The number of hydrogen-bond donors (Lipinski definition) is 2. The summed E-state index contributed by atoms with van der Waals surface area (Å²) in [7, 11) is -1.52. The molecular formula is C16H29IN4O2S2. The molecule has 9 heteroatoms. The van der Waals surface area contributed by atoms with Crippen molar-refractivity contribution in [2.75, 3.05) is 44.7 Å². The zero-order valence-electron chi connectivity index (χ0n) is 15.1. The molecule has 0 aliphatic heterocycles. The molecule has 1 aromatic rings. The maximum Gasteiger partial charge on any atom is 0.215 e. The van der Waals surface area contributed by atoms with Crippen molar-refractivity contribution in [2.24, 2.45) is 4.99 Å². The third-order valence-corrected chi connectivity index (χ3v) is 6.42. The van der Waals surface area contributed by atoms with Gasteiger partial charge in [-0.3, -0.25) is 4.99 Å². The molecule has 0 fully saturated rings. The number of guanidine groups is 1. The van der Waals surface area contributed by atoms with Gasteiger partial charge in [0.05, 0.1) is 5.75 Å². The van der Waals surface area contributed by atoms with Crippen molar-refractivity contribution < 1.29 is 8.42 Å². The van der Waals surface area contributed by atoms with E-state index in [9.17, 15) is 8.42 Å². The molecule has 0 unspecified atom stereocenters. The third kappa shape index (κ3) is 9.66. The first-order valence-electron chi connectivity index (χ1n) is 8.13. The van der Waals surface area contributed by atoms with Crippen LogP contribution in [0.25, 0.3) is 0 Å². The quantitative estimate of drug-likeness (QED) is 0.170. The second-order valence-electron chi connectivity index (χ2n) is 4.99. The van der Waals surface area contributed by atoms with E-state index in [0.717, 1.165) is 12.3 Å². The van der Waals surface area contributed by atoms with Gasteiger partial charge >= 0.3 is 0 Å². The fourth-order valence-electron chi connectivity index (χ4n) is 2.12. The lowest BCUT2D eigenvalue weighted by atomic mass is 10.4. The van der Waals surface area contributed by atoms with Crippen molar-refractivity contribution in [3.05, 3.63) is 30.3 Å². The van der Waals surface area contributed by atoms with Gasteiger partial charge in [-0.05, 0) is 12.1 Å². The summed E-state index contributed by atoms with van der Waals surface area (Å²) in [6.45, 7) is 5.79. The smallest absolute Gasteiger partial charge is 0.215 e. The van der Waals surface area contributed by atoms with Gasteiger partial charge in [-0.2, -0.15) is 0 Å². The summed E-state index contributed by atoms with van der Waals surface area (Å²) in [6.07, 6.45) is 0. The Labute approximate surface area is 173 Å². The highest BCUT2D eigenvalue weighted by molar-refractivity contribution is 14.0. The van der Waals surface area contributed by atoms with Crippen molar-refractivity contribution in [1.29, 1.82) is 0 Å². The average Bonchev–Trinajstić information content (AvgIpc) is 2.58. The van der Waals surface area contributed by atoms with Crippen molar-refractivity contribution in [2.45, 2.75) is 18.7 Å². The lowest BCUT2D eigenvalue weighted by Crippen LogP contribution is -2.42. The van der Waals surface area contributed by atoms with Crippen LogP contribution in [0.15, 0.2) is 40.2 Å². The van der Waals surface area contributed by atoms with Crippen LogP contribution in [0.1, 0.15) is 13.8 Å². The Morgan fingerprint density at radius 3 is 2.28 bits per heavy atom. The molecule has 1 rings (SSSR count). The average molecular weight is 500 g/mol. The molecule has 0 amide bonds. The highest BCUT2D eigenvalue weighted by Crippen LogP contribution is 2.15. The summed E-state index contributed by atoms with van der Waals surface area (Å²) in [6, 6.07) is 10.2. The molecule has 25 heavy (non-hydrogen) atoms. The fraction of sp³-hybridized carbons (Fsp3) is 0.562. The summed E-state index contributed by atoms with van der Waals surface area (Å²) in [4.78, 5) is 5.34. The van der Waals surface area contributed by atoms with E-state index in [2.05, 4.69) is 27.8 Å². The summed E-state index contributed by atoms with van der Waals surface area (Å²) >= 11 is 1.76. The minimum atomic E-state index is -3.20. The number of benzene rings is 1. The summed E-state index contributed by atoms with van der Waals surface area (Å²) in [5.41, 5.74) is 0. The molecule has 0 heterocycles. The highest BCUT2D eigenvalue weighted by Gasteiger charge is 2.18. The number of hydrogen-bond acceptors (Lipinski definition) is 4. The Morgan fingerprint density at radius 2 is 1.72 bits per heavy atom. The van der Waals surface area contributed by atoms with Gasteiger partial charge in [0.2, 0.25) is 10.0 Å². The fourth-order valence-corrected chi connectivity index (χ4v) is 4.31. The van der Waals surface area contributed by atoms with E-state index in [1.54, 1.807) is 18.8 Å². The van der Waals surface area contributed by atoms with Gasteiger partial charge in [-0.25, -0.2) is 12.7 Å². The summed E-state index contributed by atoms with van der Waals surface area (Å²) < 4.78 is 25.7. The number of halogens is 1. The van der Waals surface area contributed by atoms with Crippen LogP contribution in [0, 0.1) is 0 Å². The number of thioether (sulfide) groups is 1. The normalized spacial score (nSPS) is 11.9. The maximum absolute atomic E-state index is 12.1. The molecule has 144 valence electrons. The van der Waals surface area contributed by atoms with E-state index in [1.165, 1.54) is 9.20 Å². The largest absolute Gasteiger partial charge is 0.356 e. The lowest BCUT2D eigenvalue weighted by Gasteiger charge is -2.19. The predicted molar refractivity (Wildman–Crippen MR) is 119 cm³/mol. The minimum absolute atomic E-state index is 0. The standard InChI is InChI=1S/C16H28N4O2S2.HI/c1-4-20(5-2)24(21,22)14-12-19-16(17-3)18-11-13-23-15-9-7-6-8-10-15;/h6-10H,4-5,11-14H2,1-3H3,(H2,17,18,19);1H. The van der Waals surface area contributed by atoms with Crippen molar-refractivity contribution in [1.82, 2.24) is 14.9 Å². The second kappa shape index (κ2) is 13.7. The molecule has 0 aromatic heterocycles. The lowest BCUT2D eigenvalue weighted by molar-refractivity contribution is 0.445. The van der Waals surface area contributed by atoms with Crippen molar-refractivity contribution in [3.63, 3.8) is 0 Å². The van der Waals surface area contributed by atoms with Crippen LogP contribution >= 0.6 is 35.7 Å². The minimum Gasteiger partial charge on any atom is -0.356 e. The van der Waals surface area contributed by atoms with Crippen LogP contribution in [0.5, 0.6) is 0 Å². The molecule has 0 saturated heterocycles. The molecule has 1 aromatic carbocycles. The van der Waals surface area contributed by atoms with Gasteiger partial charge < -0.3 is 10.6 Å². The molecule has 0 saturated carbocycles. The number of sulfonamides is 1. The molecule has 6 nitrogen and oxygen atoms in total. The molecule has 0 aliphatic carbocycles. The van der Waals surface area contributed by atoms with E-state index in [0.29, 0.717) is 25.6 Å². The summed E-state index contributed by atoms with van der Waals surface area (Å²) in [5.74, 6) is 1.59. The Kier molecular flexibility index (Phi) is 13.4. The van der Waals surface area contributed by atoms with E-state index < -0.39 is 10.0 Å². The zero-order valence-corrected chi connectivity index (χ0v) is 19.0. The van der Waals surface area contributed by atoms with Gasteiger partial charge in [0.1, 0.15) is 0 Å². The van der Waals surface area contributed by atoms with E-state index in [1.807, 2.05) is 32.0 Å². The highest BCUT2D eigenvalue weighted by atomic mass is 127. The first-order valence-corrected chi connectivity index (χ1v) is 10.7. The van der Waals surface area contributed by atoms with Gasteiger partial charge in [-0.15, -0.1) is 35.7 Å². The van der Waals surface area contributed by atoms with E-state index >= 15 is 0 Å². The van der Waals surface area contributed by atoms with Crippen LogP contribution in [-0.4, -0.2) is 63.4 Å². The molecule has 0 spiro atoms. The molecule has 0 bridgehead atoms. The topological polar surface area (TPSA) is 73.8 Å². The first-order chi connectivity index (χ1) is 11.5. The van der Waals surface area contributed by atoms with E-state index in [-0.39, 0.29) is 29.7 Å². The SMILES string of the molecule is CCN(CC)S(=O)(=O)CCNC(=NC)NCCSc1ccccc1.I. The Hall–Kier alpha value is -0.520. The summed E-state index contributed by atoms with van der Waals surface area (Å²) in [5, 5.41) is 6.24. The number of aliphatic imine (C=N–C) groups is 1. The van der Waals surface area contributed by atoms with Crippen LogP contribution in [-0.2, 0) is 10.0 Å². The monoisotopic (exact) mass is 500 g/mol. The van der Waals surface area contributed by atoms with Crippen molar-refractivity contribution in [3.8, 4) is 0 Å². The Balaban J connectivity index is 0.00000576. The zero-order chi connectivity index (χ0) is 17.8. The van der Waals surface area contributed by atoms with Crippen molar-refractivity contribution >= 4 is 51.7 Å². The second-order valence-corrected chi connectivity index (χ2v) is 8.24. The molecule has 0 aliphatic rings. The number of rotatable bonds is 10. The maximum atomic E-state index is 12.1. The van der Waals surface area contributed by atoms with Gasteiger partial charge in [-0.1, -0.05) is 32.0 Å². The van der Waals surface area contributed by atoms with Crippen LogP contribution in [0.3, 0.4) is 0 Å². The Morgan fingerprint density at radius 1 is 1.12 bits per heavy atom.